The zero-order chi connectivity index (χ0) is 21.5. The number of carbonyl (C=O) groups excluding carboxylic acids is 1. The second kappa shape index (κ2) is 7.73. The number of carbonyl (C=O) groups is 1. The molecule has 1 amide bonds. The number of nitrogens with one attached hydrogen (secondary N) is 1. The van der Waals surface area contributed by atoms with Crippen molar-refractivity contribution in [3.8, 4) is 22.8 Å². The fourth-order valence-corrected chi connectivity index (χ4v) is 4.66. The first-order valence-corrected chi connectivity index (χ1v) is 11.0. The van der Waals surface area contributed by atoms with Gasteiger partial charge in [0.1, 0.15) is 0 Å². The lowest BCUT2D eigenvalue weighted by molar-refractivity contribution is -0.763. The van der Waals surface area contributed by atoms with Crippen LogP contribution in [0.15, 0.2) is 52.4 Å². The summed E-state index contributed by atoms with van der Waals surface area (Å²) < 4.78 is 12.6. The number of benzene rings is 2. The van der Waals surface area contributed by atoms with E-state index < -0.39 is 6.17 Å². The highest BCUT2D eigenvalue weighted by molar-refractivity contribution is 7.99. The molecule has 2 aromatic carbocycles. The van der Waals surface area contributed by atoms with E-state index >= 15 is 0 Å². The maximum atomic E-state index is 13.2. The van der Waals surface area contributed by atoms with Crippen molar-refractivity contribution in [3.63, 3.8) is 0 Å². The molecule has 0 unspecified atom stereocenters. The minimum absolute atomic E-state index is 0.155. The standard InChI is InChI=1S/C22H20N4O4S/c1-3-10-31-22-23-20(28)19-15-6-4-5-7-16(15)25(13(2)27)21(26(19)24-22)14-8-9-17-18(11-14)30-12-29-17/h4-9,11,21H,3,10,12H2,1-2H3/p+1/t21-/m0/s1. The largest absolute Gasteiger partial charge is 0.454 e. The minimum Gasteiger partial charge on any atom is -0.454 e. The zero-order valence-electron chi connectivity index (χ0n) is 17.1. The van der Waals surface area contributed by atoms with Gasteiger partial charge in [-0.1, -0.05) is 30.8 Å². The highest BCUT2D eigenvalue weighted by Crippen LogP contribution is 2.40. The highest BCUT2D eigenvalue weighted by Gasteiger charge is 2.45. The molecule has 0 aliphatic carbocycles. The van der Waals surface area contributed by atoms with E-state index in [1.54, 1.807) is 9.58 Å². The fraction of sp³-hybridized carbons (Fsp3) is 0.273. The van der Waals surface area contributed by atoms with Crippen LogP contribution in [-0.4, -0.2) is 28.5 Å². The van der Waals surface area contributed by atoms with Crippen LogP contribution in [0, 0.1) is 0 Å². The lowest BCUT2D eigenvalue weighted by Gasteiger charge is -2.31. The summed E-state index contributed by atoms with van der Waals surface area (Å²) in [6.45, 7) is 3.74. The normalized spacial score (nSPS) is 16.1. The molecule has 0 saturated carbocycles. The average molecular weight is 438 g/mol. The van der Waals surface area contributed by atoms with E-state index in [9.17, 15) is 9.59 Å². The Morgan fingerprint density at radius 1 is 1.26 bits per heavy atom. The lowest BCUT2D eigenvalue weighted by Crippen LogP contribution is -2.60. The van der Waals surface area contributed by atoms with Gasteiger partial charge in [0, 0.05) is 23.3 Å². The second-order valence-electron chi connectivity index (χ2n) is 7.29. The Kier molecular flexibility index (Phi) is 4.90. The maximum Gasteiger partial charge on any atom is 0.325 e. The molecule has 3 heterocycles. The molecule has 1 aromatic heterocycles. The Bertz CT molecular complexity index is 1240. The highest BCUT2D eigenvalue weighted by atomic mass is 32.2. The topological polar surface area (TPSA) is 88.4 Å². The van der Waals surface area contributed by atoms with Crippen molar-refractivity contribution in [1.29, 1.82) is 0 Å². The monoisotopic (exact) mass is 437 g/mol. The van der Waals surface area contributed by atoms with Crippen LogP contribution in [0.1, 0.15) is 32.0 Å². The number of aromatic amines is 1. The molecule has 0 fully saturated rings. The molecule has 31 heavy (non-hydrogen) atoms. The minimum atomic E-state index is -0.639. The van der Waals surface area contributed by atoms with E-state index in [4.69, 9.17) is 14.6 Å². The number of ether oxygens (including phenoxy) is 2. The number of fused-ring (bicyclic) bond motifs is 4. The number of para-hydroxylation sites is 1. The van der Waals surface area contributed by atoms with Crippen LogP contribution >= 0.6 is 11.8 Å². The molecule has 0 bridgehead atoms. The molecule has 2 aliphatic heterocycles. The molecule has 8 nitrogen and oxygen atoms in total. The van der Waals surface area contributed by atoms with Crippen molar-refractivity contribution in [2.75, 3.05) is 17.4 Å². The summed E-state index contributed by atoms with van der Waals surface area (Å²) in [5, 5.41) is 5.27. The van der Waals surface area contributed by atoms with E-state index in [0.29, 0.717) is 33.6 Å². The zero-order valence-corrected chi connectivity index (χ0v) is 17.9. The Labute approximate surface area is 182 Å². The second-order valence-corrected chi connectivity index (χ2v) is 8.38. The van der Waals surface area contributed by atoms with Crippen molar-refractivity contribution < 1.29 is 19.0 Å². The first kappa shape index (κ1) is 19.6. The number of rotatable bonds is 4. The summed E-state index contributed by atoms with van der Waals surface area (Å²) >= 11 is 1.48. The molecule has 158 valence electrons. The van der Waals surface area contributed by atoms with Crippen molar-refractivity contribution in [3.05, 3.63) is 58.4 Å². The molecular weight excluding hydrogens is 416 g/mol. The van der Waals surface area contributed by atoms with Gasteiger partial charge in [-0.05, 0) is 41.4 Å². The van der Waals surface area contributed by atoms with Crippen molar-refractivity contribution in [2.45, 2.75) is 31.6 Å². The number of amides is 1. The van der Waals surface area contributed by atoms with Crippen LogP contribution in [-0.2, 0) is 4.79 Å². The first-order chi connectivity index (χ1) is 15.1. The van der Waals surface area contributed by atoms with Crippen molar-refractivity contribution in [2.24, 2.45) is 0 Å². The third-order valence-corrected chi connectivity index (χ3v) is 6.30. The third kappa shape index (κ3) is 3.25. The van der Waals surface area contributed by atoms with Crippen LogP contribution in [0.3, 0.4) is 0 Å². The summed E-state index contributed by atoms with van der Waals surface area (Å²) in [6.07, 6.45) is 0.310. The van der Waals surface area contributed by atoms with Gasteiger partial charge in [0.05, 0.1) is 11.3 Å². The Hall–Kier alpha value is -3.33. The first-order valence-electron chi connectivity index (χ1n) is 10.1. The predicted molar refractivity (Wildman–Crippen MR) is 115 cm³/mol. The fourth-order valence-electron chi connectivity index (χ4n) is 3.95. The number of nitrogens with zero attached hydrogens (tertiary/aromatic N) is 3. The van der Waals surface area contributed by atoms with E-state index in [1.165, 1.54) is 18.7 Å². The predicted octanol–water partition coefficient (Wildman–Crippen LogP) is 2.87. The molecule has 3 aromatic rings. The lowest BCUT2D eigenvalue weighted by atomic mass is 10.0. The van der Waals surface area contributed by atoms with E-state index in [0.717, 1.165) is 17.7 Å². The van der Waals surface area contributed by atoms with Crippen molar-refractivity contribution >= 4 is 23.4 Å². The number of H-pyrrole nitrogens is 1. The van der Waals surface area contributed by atoms with Gasteiger partial charge < -0.3 is 9.47 Å². The summed E-state index contributed by atoms with van der Waals surface area (Å²) in [5.41, 5.74) is 2.27. The van der Waals surface area contributed by atoms with Gasteiger partial charge in [0.25, 0.3) is 6.17 Å². The van der Waals surface area contributed by atoms with E-state index in [2.05, 4.69) is 11.9 Å². The van der Waals surface area contributed by atoms with Crippen LogP contribution in [0.5, 0.6) is 11.5 Å². The van der Waals surface area contributed by atoms with Crippen LogP contribution in [0.25, 0.3) is 11.3 Å². The summed E-state index contributed by atoms with van der Waals surface area (Å²) in [5.74, 6) is 1.92. The number of hydrogen-bond acceptors (Lipinski definition) is 6. The van der Waals surface area contributed by atoms with Gasteiger partial charge in [0.15, 0.2) is 11.5 Å². The van der Waals surface area contributed by atoms with Crippen LogP contribution in [0.2, 0.25) is 0 Å². The third-order valence-electron chi connectivity index (χ3n) is 5.24. The van der Waals surface area contributed by atoms with Gasteiger partial charge in [-0.3, -0.25) is 14.6 Å². The van der Waals surface area contributed by atoms with E-state index in [1.807, 2.05) is 42.5 Å². The summed E-state index contributed by atoms with van der Waals surface area (Å²) in [4.78, 5) is 30.6. The van der Waals surface area contributed by atoms with Gasteiger partial charge in [-0.15, -0.1) is 0 Å². The summed E-state index contributed by atoms with van der Waals surface area (Å²) in [6, 6.07) is 12.9. The summed E-state index contributed by atoms with van der Waals surface area (Å²) in [7, 11) is 0. The molecule has 2 aliphatic rings. The number of thioether (sulfide) groups is 1. The Balaban J connectivity index is 1.77. The quantitative estimate of drug-likeness (QED) is 0.499. The van der Waals surface area contributed by atoms with Crippen molar-refractivity contribution in [1.82, 2.24) is 10.1 Å². The molecule has 0 saturated heterocycles. The average Bonchev–Trinajstić information content (AvgIpc) is 3.24. The Morgan fingerprint density at radius 2 is 2.06 bits per heavy atom. The molecule has 9 heteroatoms. The molecule has 1 N–H and O–H groups in total. The van der Waals surface area contributed by atoms with Gasteiger partial charge in [-0.25, -0.2) is 4.90 Å². The molecular formula is C22H21N4O4S+. The van der Waals surface area contributed by atoms with Gasteiger partial charge in [-0.2, -0.15) is 0 Å². The SMILES string of the molecule is CCCSc1n[n+]2c(c(=O)[nH]1)-c1ccccc1N(C(C)=O)[C@@H]2c1ccc2c(c1)OCO2. The van der Waals surface area contributed by atoms with E-state index in [-0.39, 0.29) is 18.3 Å². The Morgan fingerprint density at radius 3 is 2.87 bits per heavy atom. The maximum absolute atomic E-state index is 13.2. The molecule has 0 spiro atoms. The number of hydrogen-bond donors (Lipinski definition) is 1. The molecule has 0 radical (unpaired) electrons. The van der Waals surface area contributed by atoms with Gasteiger partial charge >= 0.3 is 11.3 Å². The smallest absolute Gasteiger partial charge is 0.325 e. The molecule has 5 rings (SSSR count). The number of aromatic nitrogens is 3. The van der Waals surface area contributed by atoms with Crippen LogP contribution < -0.4 is 24.6 Å². The van der Waals surface area contributed by atoms with Crippen LogP contribution in [0.4, 0.5) is 5.69 Å². The number of anilines is 1. The van der Waals surface area contributed by atoms with Gasteiger partial charge in [0.2, 0.25) is 17.9 Å². The molecule has 1 atom stereocenters.